The summed E-state index contributed by atoms with van der Waals surface area (Å²) in [6, 6.07) is 27.3. The normalized spacial score (nSPS) is 13.5. The van der Waals surface area contributed by atoms with Crippen LogP contribution in [-0.2, 0) is 22.6 Å². The molecule has 1 aliphatic heterocycles. The van der Waals surface area contributed by atoms with Crippen LogP contribution in [0, 0.1) is 0 Å². The summed E-state index contributed by atoms with van der Waals surface area (Å²) in [6.45, 7) is 3.56. The van der Waals surface area contributed by atoms with Crippen LogP contribution in [-0.4, -0.2) is 41.8 Å². The van der Waals surface area contributed by atoms with Gasteiger partial charge in [0.1, 0.15) is 11.4 Å². The van der Waals surface area contributed by atoms with E-state index in [1.54, 1.807) is 0 Å². The van der Waals surface area contributed by atoms with Crippen LogP contribution in [0.3, 0.4) is 0 Å². The molecule has 1 heterocycles. The van der Waals surface area contributed by atoms with Crippen molar-refractivity contribution in [1.82, 2.24) is 9.80 Å². The molecule has 3 aromatic carbocycles. The third kappa shape index (κ3) is 5.20. The van der Waals surface area contributed by atoms with E-state index in [-0.39, 0.29) is 11.8 Å². The van der Waals surface area contributed by atoms with Gasteiger partial charge >= 0.3 is 0 Å². The van der Waals surface area contributed by atoms with Crippen molar-refractivity contribution in [3.63, 3.8) is 0 Å². The highest BCUT2D eigenvalue weighted by molar-refractivity contribution is 6.35. The maximum Gasteiger partial charge on any atom is 0.277 e. The molecular weight excluding hydrogens is 424 g/mol. The highest BCUT2D eigenvalue weighted by Crippen LogP contribution is 2.33. The zero-order valence-corrected chi connectivity index (χ0v) is 19.7. The first-order valence-electron chi connectivity index (χ1n) is 11.7. The Labute approximate surface area is 201 Å². The smallest absolute Gasteiger partial charge is 0.277 e. The lowest BCUT2D eigenvalue weighted by Crippen LogP contribution is -2.35. The molecule has 0 bridgehead atoms. The van der Waals surface area contributed by atoms with Gasteiger partial charge in [0.05, 0.1) is 12.2 Å². The molecule has 2 amide bonds. The summed E-state index contributed by atoms with van der Waals surface area (Å²) in [5.41, 5.74) is 3.76. The molecule has 0 aliphatic carbocycles. The molecule has 174 valence electrons. The molecule has 5 heteroatoms. The lowest BCUT2D eigenvalue weighted by Gasteiger charge is -2.21. The minimum Gasteiger partial charge on any atom is -0.494 e. The van der Waals surface area contributed by atoms with Gasteiger partial charge in [-0.25, -0.2) is 0 Å². The van der Waals surface area contributed by atoms with Crippen LogP contribution < -0.4 is 4.74 Å². The summed E-state index contributed by atoms with van der Waals surface area (Å²) in [7, 11) is 1.87. The first-order valence-corrected chi connectivity index (χ1v) is 11.7. The summed E-state index contributed by atoms with van der Waals surface area (Å²) in [4.78, 5) is 30.4. The van der Waals surface area contributed by atoms with Gasteiger partial charge in [-0.05, 0) is 41.7 Å². The molecule has 0 atom stereocenters. The number of carbonyl (C=O) groups is 2. The summed E-state index contributed by atoms with van der Waals surface area (Å²) in [5.74, 6) is 0.252. The van der Waals surface area contributed by atoms with Crippen LogP contribution in [0.4, 0.5) is 0 Å². The minimum absolute atomic E-state index is 0.249. The Hall–Kier alpha value is -3.86. The third-order valence-corrected chi connectivity index (χ3v) is 5.87. The van der Waals surface area contributed by atoms with Crippen LogP contribution in [0.1, 0.15) is 30.0 Å². The molecular formula is C29H30N2O3. The second-order valence-corrected chi connectivity index (χ2v) is 8.44. The molecule has 0 radical (unpaired) electrons. The molecule has 5 nitrogen and oxygen atoms in total. The van der Waals surface area contributed by atoms with E-state index >= 15 is 0 Å². The van der Waals surface area contributed by atoms with Crippen molar-refractivity contribution in [3.05, 3.63) is 107 Å². The van der Waals surface area contributed by atoms with E-state index in [0.717, 1.165) is 28.9 Å². The van der Waals surface area contributed by atoms with E-state index in [1.165, 1.54) is 4.90 Å². The topological polar surface area (TPSA) is 49.9 Å². The molecule has 1 aliphatic rings. The van der Waals surface area contributed by atoms with Crippen molar-refractivity contribution < 1.29 is 14.3 Å². The number of nitrogens with zero attached hydrogens (tertiary/aromatic N) is 2. The molecule has 0 unspecified atom stereocenters. The predicted octanol–water partition coefficient (Wildman–Crippen LogP) is 4.93. The average molecular weight is 455 g/mol. The third-order valence-electron chi connectivity index (χ3n) is 5.87. The standard InChI is InChI=1S/C29H30N2O3/c1-3-20-34-25-16-14-24(15-17-25)26-27(30(2)21-23-12-8-5-9-13-23)29(33)31(28(26)32)19-18-22-10-6-4-7-11-22/h4-17H,3,18-21H2,1-2H3. The average Bonchev–Trinajstić information content (AvgIpc) is 3.12. The number of likely N-dealkylation sites (N-methyl/N-ethyl adjacent to an activating group) is 1. The maximum absolute atomic E-state index is 13.6. The van der Waals surface area contributed by atoms with Gasteiger partial charge in [-0.1, -0.05) is 79.7 Å². The van der Waals surface area contributed by atoms with Crippen LogP contribution in [0.25, 0.3) is 5.57 Å². The molecule has 0 aromatic heterocycles. The summed E-state index contributed by atoms with van der Waals surface area (Å²) >= 11 is 0. The predicted molar refractivity (Wildman–Crippen MR) is 134 cm³/mol. The van der Waals surface area contributed by atoms with Gasteiger partial charge in [-0.15, -0.1) is 0 Å². The maximum atomic E-state index is 13.6. The van der Waals surface area contributed by atoms with Crippen molar-refractivity contribution in [2.45, 2.75) is 26.3 Å². The summed E-state index contributed by atoms with van der Waals surface area (Å²) < 4.78 is 5.69. The van der Waals surface area contributed by atoms with Crippen LogP contribution >= 0.6 is 0 Å². The molecule has 0 saturated heterocycles. The van der Waals surface area contributed by atoms with Crippen LogP contribution in [0.2, 0.25) is 0 Å². The zero-order chi connectivity index (χ0) is 23.9. The van der Waals surface area contributed by atoms with Crippen molar-refractivity contribution >= 4 is 17.4 Å². The molecule has 0 fully saturated rings. The largest absolute Gasteiger partial charge is 0.494 e. The van der Waals surface area contributed by atoms with Crippen molar-refractivity contribution in [2.24, 2.45) is 0 Å². The van der Waals surface area contributed by atoms with E-state index in [9.17, 15) is 9.59 Å². The molecule has 0 N–H and O–H groups in total. The fourth-order valence-electron chi connectivity index (χ4n) is 4.14. The second kappa shape index (κ2) is 10.8. The SMILES string of the molecule is CCCOc1ccc(C2=C(N(C)Cc3ccccc3)C(=O)N(CCc3ccccc3)C2=O)cc1. The summed E-state index contributed by atoms with van der Waals surface area (Å²) in [5, 5.41) is 0. The number of ether oxygens (including phenoxy) is 1. The second-order valence-electron chi connectivity index (χ2n) is 8.44. The van der Waals surface area contributed by atoms with Gasteiger partial charge in [0, 0.05) is 20.1 Å². The van der Waals surface area contributed by atoms with Crippen molar-refractivity contribution in [1.29, 1.82) is 0 Å². The fraction of sp³-hybridized carbons (Fsp3) is 0.241. The van der Waals surface area contributed by atoms with E-state index in [0.29, 0.717) is 37.4 Å². The number of rotatable bonds is 10. The monoisotopic (exact) mass is 454 g/mol. The van der Waals surface area contributed by atoms with Gasteiger partial charge in [0.25, 0.3) is 11.8 Å². The van der Waals surface area contributed by atoms with E-state index in [4.69, 9.17) is 4.74 Å². The lowest BCUT2D eigenvalue weighted by atomic mass is 10.0. The first-order chi connectivity index (χ1) is 16.6. The zero-order valence-electron chi connectivity index (χ0n) is 19.7. The highest BCUT2D eigenvalue weighted by Gasteiger charge is 2.40. The van der Waals surface area contributed by atoms with E-state index in [1.807, 2.05) is 96.9 Å². The van der Waals surface area contributed by atoms with Crippen molar-refractivity contribution in [3.8, 4) is 5.75 Å². The number of benzene rings is 3. The molecule has 0 spiro atoms. The van der Waals surface area contributed by atoms with Crippen molar-refractivity contribution in [2.75, 3.05) is 20.2 Å². The first kappa shape index (κ1) is 23.3. The Bertz CT molecular complexity index is 1150. The Morgan fingerprint density at radius 2 is 1.41 bits per heavy atom. The van der Waals surface area contributed by atoms with Crippen LogP contribution in [0.5, 0.6) is 5.75 Å². The van der Waals surface area contributed by atoms with Gasteiger partial charge in [-0.3, -0.25) is 14.5 Å². The lowest BCUT2D eigenvalue weighted by molar-refractivity contribution is -0.137. The number of amides is 2. The Morgan fingerprint density at radius 1 is 0.794 bits per heavy atom. The van der Waals surface area contributed by atoms with Gasteiger partial charge in [-0.2, -0.15) is 0 Å². The fourth-order valence-corrected chi connectivity index (χ4v) is 4.14. The minimum atomic E-state index is -0.252. The Balaban J connectivity index is 1.64. The van der Waals surface area contributed by atoms with Gasteiger partial charge < -0.3 is 9.64 Å². The molecule has 0 saturated carbocycles. The summed E-state index contributed by atoms with van der Waals surface area (Å²) in [6.07, 6.45) is 1.54. The van der Waals surface area contributed by atoms with E-state index < -0.39 is 0 Å². The molecule has 34 heavy (non-hydrogen) atoms. The number of hydrogen-bond acceptors (Lipinski definition) is 4. The van der Waals surface area contributed by atoms with Crippen LogP contribution in [0.15, 0.2) is 90.6 Å². The highest BCUT2D eigenvalue weighted by atomic mass is 16.5. The van der Waals surface area contributed by atoms with E-state index in [2.05, 4.69) is 6.92 Å². The number of hydrogen-bond donors (Lipinski definition) is 0. The number of carbonyl (C=O) groups excluding carboxylic acids is 2. The van der Waals surface area contributed by atoms with Gasteiger partial charge in [0.2, 0.25) is 0 Å². The Kier molecular flexibility index (Phi) is 7.43. The quantitative estimate of drug-likeness (QED) is 0.408. The van der Waals surface area contributed by atoms with Gasteiger partial charge in [0.15, 0.2) is 0 Å². The molecule has 3 aromatic rings. The molecule has 4 rings (SSSR count). The Morgan fingerprint density at radius 3 is 2.03 bits per heavy atom. The number of imide groups is 1.